The summed E-state index contributed by atoms with van der Waals surface area (Å²) in [7, 11) is 0. The number of anilines is 1. The average Bonchev–Trinajstić information content (AvgIpc) is 2.47. The molecule has 0 radical (unpaired) electrons. The van der Waals surface area contributed by atoms with E-state index < -0.39 is 0 Å². The first-order chi connectivity index (χ1) is 10.1. The Labute approximate surface area is 125 Å². The van der Waals surface area contributed by atoms with Crippen molar-refractivity contribution in [2.45, 2.75) is 20.4 Å². The number of carbonyl (C=O) groups excluding carboxylic acids is 1. The highest BCUT2D eigenvalue weighted by atomic mass is 16.5. The number of nitrogens with zero attached hydrogens (tertiary/aromatic N) is 4. The molecular formula is C14H23N5O2. The van der Waals surface area contributed by atoms with Gasteiger partial charge in [-0.3, -0.25) is 9.69 Å². The first-order valence-electron chi connectivity index (χ1n) is 7.30. The molecule has 0 aromatic carbocycles. The summed E-state index contributed by atoms with van der Waals surface area (Å²) >= 11 is 0. The predicted molar refractivity (Wildman–Crippen MR) is 79.9 cm³/mol. The van der Waals surface area contributed by atoms with Crippen LogP contribution in [0, 0.1) is 6.92 Å². The number of rotatable bonds is 5. The fraction of sp³-hybridized carbons (Fsp3) is 0.643. The minimum Gasteiger partial charge on any atom is -0.465 e. The molecule has 7 nitrogen and oxygen atoms in total. The number of esters is 1. The van der Waals surface area contributed by atoms with Gasteiger partial charge in [-0.15, -0.1) is 0 Å². The second kappa shape index (κ2) is 7.33. The van der Waals surface area contributed by atoms with Crippen molar-refractivity contribution in [1.29, 1.82) is 0 Å². The van der Waals surface area contributed by atoms with Crippen LogP contribution in [0.3, 0.4) is 0 Å². The van der Waals surface area contributed by atoms with Crippen LogP contribution in [0.2, 0.25) is 0 Å². The van der Waals surface area contributed by atoms with Crippen molar-refractivity contribution in [3.05, 3.63) is 17.6 Å². The maximum absolute atomic E-state index is 11.5. The molecule has 116 valence electrons. The summed E-state index contributed by atoms with van der Waals surface area (Å²) in [5.41, 5.74) is 6.51. The molecule has 2 N–H and O–H groups in total. The lowest BCUT2D eigenvalue weighted by atomic mass is 10.3. The molecule has 1 aliphatic heterocycles. The Morgan fingerprint density at radius 2 is 2.05 bits per heavy atom. The molecule has 1 aromatic heterocycles. The van der Waals surface area contributed by atoms with E-state index in [1.807, 2.05) is 19.9 Å². The summed E-state index contributed by atoms with van der Waals surface area (Å²) in [6, 6.07) is 1.94. The van der Waals surface area contributed by atoms with Crippen molar-refractivity contribution in [3.63, 3.8) is 0 Å². The first kappa shape index (κ1) is 15.7. The molecule has 0 saturated carbocycles. The quantitative estimate of drug-likeness (QED) is 0.761. The summed E-state index contributed by atoms with van der Waals surface area (Å²) in [5, 5.41) is 0. The Morgan fingerprint density at radius 1 is 1.33 bits per heavy atom. The van der Waals surface area contributed by atoms with Crippen LogP contribution >= 0.6 is 0 Å². The fourth-order valence-electron chi connectivity index (χ4n) is 2.40. The average molecular weight is 293 g/mol. The van der Waals surface area contributed by atoms with Crippen LogP contribution in [0.25, 0.3) is 0 Å². The lowest BCUT2D eigenvalue weighted by molar-refractivity contribution is -0.144. The Morgan fingerprint density at radius 3 is 2.67 bits per heavy atom. The molecule has 0 unspecified atom stereocenters. The van der Waals surface area contributed by atoms with Gasteiger partial charge in [-0.05, 0) is 13.8 Å². The zero-order valence-electron chi connectivity index (χ0n) is 12.7. The minimum atomic E-state index is -0.158. The molecule has 0 aliphatic carbocycles. The van der Waals surface area contributed by atoms with E-state index in [0.29, 0.717) is 19.7 Å². The molecule has 1 aromatic rings. The van der Waals surface area contributed by atoms with Gasteiger partial charge in [-0.25, -0.2) is 9.97 Å². The number of piperazine rings is 1. The SMILES string of the molecule is CCOC(=O)CN1CCN(c2cc(CN)nc(C)n2)CC1. The zero-order valence-corrected chi connectivity index (χ0v) is 12.7. The number of aryl methyl sites for hydroxylation is 1. The van der Waals surface area contributed by atoms with Crippen LogP contribution in [-0.4, -0.2) is 60.2 Å². The molecule has 0 amide bonds. The van der Waals surface area contributed by atoms with Crippen LogP contribution in [0.4, 0.5) is 5.82 Å². The third-order valence-corrected chi connectivity index (χ3v) is 3.44. The smallest absolute Gasteiger partial charge is 0.320 e. The lowest BCUT2D eigenvalue weighted by Crippen LogP contribution is -2.48. The zero-order chi connectivity index (χ0) is 15.2. The maximum Gasteiger partial charge on any atom is 0.320 e. The van der Waals surface area contributed by atoms with Crippen LogP contribution in [0.15, 0.2) is 6.07 Å². The van der Waals surface area contributed by atoms with Crippen LogP contribution in [-0.2, 0) is 16.1 Å². The summed E-state index contributed by atoms with van der Waals surface area (Å²) in [5.74, 6) is 1.50. The molecule has 7 heteroatoms. The Balaban J connectivity index is 1.91. The molecule has 0 spiro atoms. The molecule has 1 fully saturated rings. The van der Waals surface area contributed by atoms with Gasteiger partial charge >= 0.3 is 5.97 Å². The van der Waals surface area contributed by atoms with Gasteiger partial charge < -0.3 is 15.4 Å². The standard InChI is InChI=1S/C14H23N5O2/c1-3-21-14(20)10-18-4-6-19(7-5-18)13-8-12(9-15)16-11(2)17-13/h8H,3-7,9-10,15H2,1-2H3. The van der Waals surface area contributed by atoms with Gasteiger partial charge in [0.1, 0.15) is 11.6 Å². The van der Waals surface area contributed by atoms with Crippen molar-refractivity contribution in [3.8, 4) is 0 Å². The Kier molecular flexibility index (Phi) is 5.46. The van der Waals surface area contributed by atoms with Gasteiger partial charge in [-0.1, -0.05) is 0 Å². The van der Waals surface area contributed by atoms with Crippen molar-refractivity contribution < 1.29 is 9.53 Å². The molecule has 1 saturated heterocycles. The molecule has 2 heterocycles. The number of carbonyl (C=O) groups is 1. The molecule has 1 aliphatic rings. The van der Waals surface area contributed by atoms with Crippen LogP contribution in [0.1, 0.15) is 18.4 Å². The van der Waals surface area contributed by atoms with Crippen molar-refractivity contribution in [2.24, 2.45) is 5.73 Å². The monoisotopic (exact) mass is 293 g/mol. The van der Waals surface area contributed by atoms with E-state index in [1.54, 1.807) is 0 Å². The largest absolute Gasteiger partial charge is 0.465 e. The van der Waals surface area contributed by atoms with E-state index in [-0.39, 0.29) is 5.97 Å². The normalized spacial score (nSPS) is 16.0. The third-order valence-electron chi connectivity index (χ3n) is 3.44. The number of aromatic nitrogens is 2. The summed E-state index contributed by atoms with van der Waals surface area (Å²) in [6.45, 7) is 8.21. The Bertz CT molecular complexity index is 486. The van der Waals surface area contributed by atoms with Gasteiger partial charge in [0.15, 0.2) is 0 Å². The number of ether oxygens (including phenoxy) is 1. The van der Waals surface area contributed by atoms with Gasteiger partial charge in [0, 0.05) is 38.8 Å². The lowest BCUT2D eigenvalue weighted by Gasteiger charge is -2.34. The van der Waals surface area contributed by atoms with Crippen molar-refractivity contribution in [2.75, 3.05) is 44.2 Å². The highest BCUT2D eigenvalue weighted by molar-refractivity contribution is 5.71. The van der Waals surface area contributed by atoms with Gasteiger partial charge in [-0.2, -0.15) is 0 Å². The highest BCUT2D eigenvalue weighted by Gasteiger charge is 2.20. The van der Waals surface area contributed by atoms with E-state index in [1.165, 1.54) is 0 Å². The molecule has 0 atom stereocenters. The van der Waals surface area contributed by atoms with E-state index in [0.717, 1.165) is 43.5 Å². The minimum absolute atomic E-state index is 0.158. The molecule has 2 rings (SSSR count). The molecular weight excluding hydrogens is 270 g/mol. The van der Waals surface area contributed by atoms with E-state index in [2.05, 4.69) is 19.8 Å². The fourth-order valence-corrected chi connectivity index (χ4v) is 2.40. The topological polar surface area (TPSA) is 84.6 Å². The first-order valence-corrected chi connectivity index (χ1v) is 7.30. The maximum atomic E-state index is 11.5. The van der Waals surface area contributed by atoms with Crippen molar-refractivity contribution in [1.82, 2.24) is 14.9 Å². The Hall–Kier alpha value is -1.73. The molecule has 21 heavy (non-hydrogen) atoms. The van der Waals surface area contributed by atoms with Gasteiger partial charge in [0.05, 0.1) is 18.8 Å². The summed E-state index contributed by atoms with van der Waals surface area (Å²) in [4.78, 5) is 24.5. The van der Waals surface area contributed by atoms with Crippen LogP contribution in [0.5, 0.6) is 0 Å². The number of hydrogen-bond donors (Lipinski definition) is 1. The van der Waals surface area contributed by atoms with Crippen LogP contribution < -0.4 is 10.6 Å². The van der Waals surface area contributed by atoms with Crippen molar-refractivity contribution >= 4 is 11.8 Å². The summed E-state index contributed by atoms with van der Waals surface area (Å²) < 4.78 is 4.97. The number of hydrogen-bond acceptors (Lipinski definition) is 7. The van der Waals surface area contributed by atoms with E-state index in [4.69, 9.17) is 10.5 Å². The predicted octanol–water partition coefficient (Wildman–Crippen LogP) is -0.0712. The third kappa shape index (κ3) is 4.37. The molecule has 0 bridgehead atoms. The van der Waals surface area contributed by atoms with Gasteiger partial charge in [0.2, 0.25) is 0 Å². The second-order valence-electron chi connectivity index (χ2n) is 5.04. The van der Waals surface area contributed by atoms with E-state index >= 15 is 0 Å². The van der Waals surface area contributed by atoms with Gasteiger partial charge in [0.25, 0.3) is 0 Å². The summed E-state index contributed by atoms with van der Waals surface area (Å²) in [6.07, 6.45) is 0. The highest BCUT2D eigenvalue weighted by Crippen LogP contribution is 2.15. The van der Waals surface area contributed by atoms with E-state index in [9.17, 15) is 4.79 Å². The second-order valence-corrected chi connectivity index (χ2v) is 5.04. The number of nitrogens with two attached hydrogens (primary N) is 1.